The lowest BCUT2D eigenvalue weighted by atomic mass is 10.2. The lowest BCUT2D eigenvalue weighted by Gasteiger charge is -2.04. The summed E-state index contributed by atoms with van der Waals surface area (Å²) in [7, 11) is 0. The number of nitrogens with zero attached hydrogens (tertiary/aromatic N) is 2. The molecule has 0 aliphatic heterocycles. The van der Waals surface area contributed by atoms with Crippen LogP contribution in [0.2, 0.25) is 0 Å². The van der Waals surface area contributed by atoms with Gasteiger partial charge in [-0.3, -0.25) is 0 Å². The van der Waals surface area contributed by atoms with Gasteiger partial charge in [-0.1, -0.05) is 13.8 Å². The number of aromatic nitrogens is 2. The fourth-order valence-corrected chi connectivity index (χ4v) is 2.19. The van der Waals surface area contributed by atoms with Crippen LogP contribution < -0.4 is 5.32 Å². The largest absolute Gasteiger partial charge is 0.463 e. The highest BCUT2D eigenvalue weighted by Gasteiger charge is 2.09. The first-order valence-corrected chi connectivity index (χ1v) is 7.03. The number of imidazole rings is 1. The fourth-order valence-electron chi connectivity index (χ4n) is 2.19. The second kappa shape index (κ2) is 6.57. The second-order valence-electron chi connectivity index (χ2n) is 4.82. The Morgan fingerprint density at radius 3 is 2.95 bits per heavy atom. The summed E-state index contributed by atoms with van der Waals surface area (Å²) in [6, 6.07) is 2.13. The molecule has 0 unspecified atom stereocenters. The fraction of sp³-hybridized carbons (Fsp3) is 0.533. The smallest absolute Gasteiger partial charge is 0.124 e. The molecule has 2 aromatic heterocycles. The van der Waals surface area contributed by atoms with Crippen LogP contribution in [-0.4, -0.2) is 16.1 Å². The summed E-state index contributed by atoms with van der Waals surface area (Å²) in [6.45, 7) is 8.89. The average molecular weight is 261 g/mol. The van der Waals surface area contributed by atoms with Gasteiger partial charge in [-0.05, 0) is 31.5 Å². The highest BCUT2D eigenvalue weighted by Crippen LogP contribution is 2.16. The van der Waals surface area contributed by atoms with Crippen molar-refractivity contribution in [3.05, 3.63) is 41.4 Å². The van der Waals surface area contributed by atoms with Crippen LogP contribution in [0.25, 0.3) is 0 Å². The topological polar surface area (TPSA) is 43.0 Å². The molecule has 1 N–H and O–H groups in total. The van der Waals surface area contributed by atoms with Crippen LogP contribution >= 0.6 is 0 Å². The minimum atomic E-state index is 0.766. The number of furan rings is 1. The third-order valence-corrected chi connectivity index (χ3v) is 3.21. The lowest BCUT2D eigenvalue weighted by Crippen LogP contribution is -2.11. The van der Waals surface area contributed by atoms with E-state index in [0.29, 0.717) is 0 Å². The number of hydrogen-bond donors (Lipinski definition) is 1. The quantitative estimate of drug-likeness (QED) is 0.833. The molecular formula is C15H23N3O. The maximum absolute atomic E-state index is 5.91. The molecule has 104 valence electrons. The predicted octanol–water partition coefficient (Wildman–Crippen LogP) is 2.89. The van der Waals surface area contributed by atoms with Crippen molar-refractivity contribution in [1.29, 1.82) is 0 Å². The van der Waals surface area contributed by atoms with Crippen molar-refractivity contribution in [1.82, 2.24) is 14.9 Å². The number of nitrogens with one attached hydrogen (secondary N) is 1. The molecule has 19 heavy (non-hydrogen) atoms. The zero-order valence-corrected chi connectivity index (χ0v) is 12.1. The zero-order chi connectivity index (χ0) is 13.7. The highest BCUT2D eigenvalue weighted by atomic mass is 16.3. The molecule has 0 radical (unpaired) electrons. The van der Waals surface area contributed by atoms with Crippen LogP contribution in [0.4, 0.5) is 0 Å². The summed E-state index contributed by atoms with van der Waals surface area (Å²) in [5.41, 5.74) is 1.22. The minimum Gasteiger partial charge on any atom is -0.463 e. The van der Waals surface area contributed by atoms with Crippen LogP contribution in [0.1, 0.15) is 43.2 Å². The highest BCUT2D eigenvalue weighted by molar-refractivity contribution is 5.20. The van der Waals surface area contributed by atoms with Crippen LogP contribution in [0.15, 0.2) is 22.9 Å². The Hall–Kier alpha value is -1.55. The summed E-state index contributed by atoms with van der Waals surface area (Å²) in [6.07, 6.45) is 6.00. The Bertz CT molecular complexity index is 513. The Balaban J connectivity index is 2.08. The second-order valence-corrected chi connectivity index (χ2v) is 4.82. The Labute approximate surface area is 114 Å². The summed E-state index contributed by atoms with van der Waals surface area (Å²) in [5, 5.41) is 3.30. The van der Waals surface area contributed by atoms with E-state index in [0.717, 1.165) is 49.8 Å². The summed E-state index contributed by atoms with van der Waals surface area (Å²) >= 11 is 0. The molecule has 0 aromatic carbocycles. The van der Waals surface area contributed by atoms with E-state index in [1.54, 1.807) is 0 Å². The van der Waals surface area contributed by atoms with Crippen molar-refractivity contribution in [3.8, 4) is 0 Å². The molecule has 0 aliphatic rings. The zero-order valence-electron chi connectivity index (χ0n) is 12.1. The van der Waals surface area contributed by atoms with Gasteiger partial charge in [0.05, 0.1) is 13.1 Å². The summed E-state index contributed by atoms with van der Waals surface area (Å²) < 4.78 is 8.08. The van der Waals surface area contributed by atoms with Crippen molar-refractivity contribution in [2.75, 3.05) is 6.54 Å². The van der Waals surface area contributed by atoms with Gasteiger partial charge < -0.3 is 14.3 Å². The maximum Gasteiger partial charge on any atom is 0.124 e. The standard InChI is InChI=1S/C15H23N3O/c1-4-6-15-17-7-8-18(15)11-13-9-12(3)14(19-13)10-16-5-2/h7-9,16H,4-6,10-11H2,1-3H3. The molecule has 4 heteroatoms. The van der Waals surface area contributed by atoms with Crippen molar-refractivity contribution >= 4 is 0 Å². The van der Waals surface area contributed by atoms with Gasteiger partial charge in [-0.25, -0.2) is 4.98 Å². The number of hydrogen-bond acceptors (Lipinski definition) is 3. The van der Waals surface area contributed by atoms with E-state index in [1.165, 1.54) is 5.56 Å². The third kappa shape index (κ3) is 3.47. The summed E-state index contributed by atoms with van der Waals surface area (Å²) in [4.78, 5) is 4.39. The van der Waals surface area contributed by atoms with E-state index in [-0.39, 0.29) is 0 Å². The van der Waals surface area contributed by atoms with Crippen LogP contribution in [0.3, 0.4) is 0 Å². The average Bonchev–Trinajstić information content (AvgIpc) is 2.96. The van der Waals surface area contributed by atoms with Gasteiger partial charge in [0.1, 0.15) is 17.3 Å². The predicted molar refractivity (Wildman–Crippen MR) is 76.1 cm³/mol. The van der Waals surface area contributed by atoms with Gasteiger partial charge in [0.15, 0.2) is 0 Å². The van der Waals surface area contributed by atoms with E-state index in [4.69, 9.17) is 4.42 Å². The molecule has 2 heterocycles. The van der Waals surface area contributed by atoms with Crippen LogP contribution in [0.5, 0.6) is 0 Å². The first kappa shape index (κ1) is 13.9. The monoisotopic (exact) mass is 261 g/mol. The van der Waals surface area contributed by atoms with Gasteiger partial charge >= 0.3 is 0 Å². The van der Waals surface area contributed by atoms with Gasteiger partial charge in [0.2, 0.25) is 0 Å². The molecule has 0 saturated heterocycles. The third-order valence-electron chi connectivity index (χ3n) is 3.21. The Morgan fingerprint density at radius 1 is 1.37 bits per heavy atom. The van der Waals surface area contributed by atoms with Crippen LogP contribution in [0, 0.1) is 6.92 Å². The van der Waals surface area contributed by atoms with Gasteiger partial charge in [-0.2, -0.15) is 0 Å². The number of rotatable bonds is 7. The number of aryl methyl sites for hydroxylation is 2. The van der Waals surface area contributed by atoms with E-state index >= 15 is 0 Å². The molecule has 0 spiro atoms. The van der Waals surface area contributed by atoms with Gasteiger partial charge in [0.25, 0.3) is 0 Å². The first-order valence-electron chi connectivity index (χ1n) is 7.03. The first-order chi connectivity index (χ1) is 9.24. The van der Waals surface area contributed by atoms with Crippen molar-refractivity contribution < 1.29 is 4.42 Å². The summed E-state index contributed by atoms with van der Waals surface area (Å²) in [5.74, 6) is 3.17. The minimum absolute atomic E-state index is 0.766. The Morgan fingerprint density at radius 2 is 2.21 bits per heavy atom. The molecule has 0 fully saturated rings. The molecule has 0 bridgehead atoms. The van der Waals surface area contributed by atoms with Crippen molar-refractivity contribution in [2.45, 2.75) is 46.7 Å². The van der Waals surface area contributed by atoms with E-state index in [1.807, 2.05) is 12.4 Å². The normalized spacial score (nSPS) is 11.1. The van der Waals surface area contributed by atoms with E-state index in [2.05, 4.69) is 41.7 Å². The van der Waals surface area contributed by atoms with Crippen molar-refractivity contribution in [2.24, 2.45) is 0 Å². The maximum atomic E-state index is 5.91. The molecule has 0 amide bonds. The van der Waals surface area contributed by atoms with Crippen molar-refractivity contribution in [3.63, 3.8) is 0 Å². The van der Waals surface area contributed by atoms with E-state index in [9.17, 15) is 0 Å². The molecule has 2 aromatic rings. The van der Waals surface area contributed by atoms with Gasteiger partial charge in [0, 0.05) is 18.8 Å². The molecule has 0 saturated carbocycles. The molecule has 2 rings (SSSR count). The molecular weight excluding hydrogens is 238 g/mol. The SMILES string of the molecule is CCCc1nccn1Cc1cc(C)c(CNCC)o1. The van der Waals surface area contributed by atoms with Crippen LogP contribution in [-0.2, 0) is 19.5 Å². The lowest BCUT2D eigenvalue weighted by molar-refractivity contribution is 0.435. The van der Waals surface area contributed by atoms with E-state index < -0.39 is 0 Å². The molecule has 0 atom stereocenters. The van der Waals surface area contributed by atoms with Gasteiger partial charge in [-0.15, -0.1) is 0 Å². The molecule has 4 nitrogen and oxygen atoms in total. The molecule has 0 aliphatic carbocycles. The Kier molecular flexibility index (Phi) is 4.80.